The zero-order valence-electron chi connectivity index (χ0n) is 10.7. The highest BCUT2D eigenvalue weighted by molar-refractivity contribution is 5.42. The molecule has 1 N–H and O–H groups in total. The molecule has 0 aliphatic heterocycles. The van der Waals surface area contributed by atoms with Crippen molar-refractivity contribution in [3.05, 3.63) is 47.6 Å². The number of aliphatic hydroxyl groups excluding tert-OH is 1. The maximum absolute atomic E-state index is 9.64. The Labute approximate surface area is 104 Å². The molecule has 0 amide bonds. The monoisotopic (exact) mass is 230 g/mol. The van der Waals surface area contributed by atoms with Crippen molar-refractivity contribution in [2.45, 2.75) is 32.6 Å². The van der Waals surface area contributed by atoms with Crippen molar-refractivity contribution in [1.29, 1.82) is 0 Å². The standard InChI is InChI=1S/C16H22O/c1-3-4-7-13-10-14-8-5-6-9-15(14)16(11-17)12(13)2/h3,5,8,10,15-17H,1,4,6-7,9,11H2,2H3. The van der Waals surface area contributed by atoms with E-state index in [2.05, 4.69) is 31.7 Å². The summed E-state index contributed by atoms with van der Waals surface area (Å²) in [4.78, 5) is 0. The van der Waals surface area contributed by atoms with E-state index in [1.54, 1.807) is 0 Å². The number of allylic oxidation sites excluding steroid dienone is 6. The maximum atomic E-state index is 9.64. The molecule has 2 aliphatic rings. The molecular formula is C16H22O. The van der Waals surface area contributed by atoms with Crippen LogP contribution in [0, 0.1) is 11.8 Å². The molecule has 0 radical (unpaired) electrons. The third-order valence-corrected chi connectivity index (χ3v) is 4.09. The van der Waals surface area contributed by atoms with Crippen molar-refractivity contribution >= 4 is 0 Å². The van der Waals surface area contributed by atoms with Crippen LogP contribution in [-0.4, -0.2) is 11.7 Å². The molecule has 2 rings (SSSR count). The van der Waals surface area contributed by atoms with E-state index in [4.69, 9.17) is 0 Å². The highest BCUT2D eigenvalue weighted by atomic mass is 16.3. The van der Waals surface area contributed by atoms with Gasteiger partial charge in [-0.1, -0.05) is 29.9 Å². The van der Waals surface area contributed by atoms with Gasteiger partial charge in [0.2, 0.25) is 0 Å². The summed E-state index contributed by atoms with van der Waals surface area (Å²) < 4.78 is 0. The van der Waals surface area contributed by atoms with E-state index in [1.165, 1.54) is 23.1 Å². The van der Waals surface area contributed by atoms with Gasteiger partial charge in [-0.05, 0) is 49.7 Å². The molecule has 0 saturated carbocycles. The summed E-state index contributed by atoms with van der Waals surface area (Å²) in [6, 6.07) is 0. The fraction of sp³-hybridized carbons (Fsp3) is 0.500. The third kappa shape index (κ3) is 2.44. The van der Waals surface area contributed by atoms with Gasteiger partial charge >= 0.3 is 0 Å². The largest absolute Gasteiger partial charge is 0.396 e. The molecule has 0 aromatic heterocycles. The molecule has 2 aliphatic carbocycles. The first kappa shape index (κ1) is 12.4. The smallest absolute Gasteiger partial charge is 0.0502 e. The molecule has 0 fully saturated rings. The second-order valence-electron chi connectivity index (χ2n) is 5.06. The quantitative estimate of drug-likeness (QED) is 0.729. The SMILES string of the molecule is C=CCCC1=C(C)C(CO)C2CCC=CC2=C1. The van der Waals surface area contributed by atoms with Crippen LogP contribution in [0.25, 0.3) is 0 Å². The summed E-state index contributed by atoms with van der Waals surface area (Å²) in [6.07, 6.45) is 13.2. The fourth-order valence-electron chi connectivity index (χ4n) is 3.02. The normalized spacial score (nSPS) is 27.8. The minimum Gasteiger partial charge on any atom is -0.396 e. The van der Waals surface area contributed by atoms with Gasteiger partial charge in [-0.25, -0.2) is 0 Å². The molecule has 1 nitrogen and oxygen atoms in total. The predicted molar refractivity (Wildman–Crippen MR) is 72.7 cm³/mol. The molecule has 0 aromatic rings. The van der Waals surface area contributed by atoms with Crippen molar-refractivity contribution in [2.24, 2.45) is 11.8 Å². The van der Waals surface area contributed by atoms with Gasteiger partial charge in [0.05, 0.1) is 6.61 Å². The minimum absolute atomic E-state index is 0.277. The summed E-state index contributed by atoms with van der Waals surface area (Å²) in [7, 11) is 0. The molecule has 0 spiro atoms. The molecule has 92 valence electrons. The lowest BCUT2D eigenvalue weighted by Crippen LogP contribution is -2.26. The van der Waals surface area contributed by atoms with Gasteiger partial charge in [0, 0.05) is 5.92 Å². The van der Waals surface area contributed by atoms with Gasteiger partial charge in [-0.3, -0.25) is 0 Å². The van der Waals surface area contributed by atoms with Crippen molar-refractivity contribution in [2.75, 3.05) is 6.61 Å². The fourth-order valence-corrected chi connectivity index (χ4v) is 3.02. The molecule has 0 saturated heterocycles. The van der Waals surface area contributed by atoms with Gasteiger partial charge in [-0.15, -0.1) is 6.58 Å². The summed E-state index contributed by atoms with van der Waals surface area (Å²) in [5.41, 5.74) is 4.21. The Morgan fingerprint density at radius 3 is 3.06 bits per heavy atom. The molecule has 0 heterocycles. The number of rotatable bonds is 4. The number of hydrogen-bond acceptors (Lipinski definition) is 1. The number of fused-ring (bicyclic) bond motifs is 1. The van der Waals surface area contributed by atoms with Gasteiger partial charge in [-0.2, -0.15) is 0 Å². The second-order valence-corrected chi connectivity index (χ2v) is 5.06. The first-order valence-corrected chi connectivity index (χ1v) is 6.57. The summed E-state index contributed by atoms with van der Waals surface area (Å²) in [6.45, 7) is 6.25. The van der Waals surface area contributed by atoms with Crippen LogP contribution in [0.15, 0.2) is 47.6 Å². The van der Waals surface area contributed by atoms with Gasteiger partial charge in [0.15, 0.2) is 0 Å². The maximum Gasteiger partial charge on any atom is 0.0502 e. The van der Waals surface area contributed by atoms with Crippen LogP contribution in [0.5, 0.6) is 0 Å². The van der Waals surface area contributed by atoms with Crippen LogP contribution in [0.2, 0.25) is 0 Å². The van der Waals surface area contributed by atoms with Crippen LogP contribution in [0.3, 0.4) is 0 Å². The highest BCUT2D eigenvalue weighted by Gasteiger charge is 2.30. The average molecular weight is 230 g/mol. The minimum atomic E-state index is 0.277. The Kier molecular flexibility index (Phi) is 4.01. The Balaban J connectivity index is 2.29. The van der Waals surface area contributed by atoms with Gasteiger partial charge < -0.3 is 5.11 Å². The second kappa shape index (κ2) is 5.50. The van der Waals surface area contributed by atoms with Crippen molar-refractivity contribution in [1.82, 2.24) is 0 Å². The van der Waals surface area contributed by atoms with E-state index in [9.17, 15) is 5.11 Å². The topological polar surface area (TPSA) is 20.2 Å². The van der Waals surface area contributed by atoms with Gasteiger partial charge in [0.25, 0.3) is 0 Å². The molecular weight excluding hydrogens is 208 g/mol. The summed E-state index contributed by atoms with van der Waals surface area (Å²) in [5, 5.41) is 9.64. The first-order valence-electron chi connectivity index (χ1n) is 6.57. The van der Waals surface area contributed by atoms with Crippen molar-refractivity contribution in [3.63, 3.8) is 0 Å². The van der Waals surface area contributed by atoms with Crippen LogP contribution in [-0.2, 0) is 0 Å². The predicted octanol–water partition coefficient (Wildman–Crippen LogP) is 3.78. The van der Waals surface area contributed by atoms with E-state index in [0.717, 1.165) is 19.3 Å². The average Bonchev–Trinajstić information content (AvgIpc) is 2.36. The highest BCUT2D eigenvalue weighted by Crippen LogP contribution is 2.40. The zero-order valence-corrected chi connectivity index (χ0v) is 10.7. The van der Waals surface area contributed by atoms with Gasteiger partial charge in [0.1, 0.15) is 0 Å². The van der Waals surface area contributed by atoms with E-state index < -0.39 is 0 Å². The van der Waals surface area contributed by atoms with E-state index in [0.29, 0.717) is 11.8 Å². The Bertz CT molecular complexity index is 384. The lowest BCUT2D eigenvalue weighted by Gasteiger charge is -2.34. The summed E-state index contributed by atoms with van der Waals surface area (Å²) in [5.74, 6) is 0.872. The van der Waals surface area contributed by atoms with Crippen LogP contribution in [0.1, 0.15) is 32.6 Å². The third-order valence-electron chi connectivity index (χ3n) is 4.09. The van der Waals surface area contributed by atoms with Crippen LogP contribution in [0.4, 0.5) is 0 Å². The Hall–Kier alpha value is -1.08. The van der Waals surface area contributed by atoms with Crippen molar-refractivity contribution in [3.8, 4) is 0 Å². The van der Waals surface area contributed by atoms with Crippen LogP contribution < -0.4 is 0 Å². The molecule has 0 bridgehead atoms. The van der Waals surface area contributed by atoms with E-state index >= 15 is 0 Å². The number of hydrogen-bond donors (Lipinski definition) is 1. The van der Waals surface area contributed by atoms with Crippen LogP contribution >= 0.6 is 0 Å². The van der Waals surface area contributed by atoms with Crippen molar-refractivity contribution < 1.29 is 5.11 Å². The lowest BCUT2D eigenvalue weighted by molar-refractivity contribution is 0.206. The number of aliphatic hydroxyl groups is 1. The summed E-state index contributed by atoms with van der Waals surface area (Å²) >= 11 is 0. The Morgan fingerprint density at radius 1 is 1.53 bits per heavy atom. The molecule has 1 heteroatoms. The first-order chi connectivity index (χ1) is 8.27. The zero-order chi connectivity index (χ0) is 12.3. The van der Waals surface area contributed by atoms with E-state index in [1.807, 2.05) is 6.08 Å². The molecule has 2 unspecified atom stereocenters. The molecule has 17 heavy (non-hydrogen) atoms. The molecule has 2 atom stereocenters. The Morgan fingerprint density at radius 2 is 2.35 bits per heavy atom. The molecule has 0 aromatic carbocycles. The van der Waals surface area contributed by atoms with E-state index in [-0.39, 0.29) is 6.61 Å². The lowest BCUT2D eigenvalue weighted by atomic mass is 9.71.